The number of aromatic nitrogens is 2. The maximum Gasteiger partial charge on any atom is 0.261 e. The van der Waals surface area contributed by atoms with Crippen LogP contribution in [0.2, 0.25) is 0 Å². The lowest BCUT2D eigenvalue weighted by atomic mass is 10.1. The van der Waals surface area contributed by atoms with Crippen LogP contribution in [0.25, 0.3) is 10.9 Å². The molecule has 0 bridgehead atoms. The highest BCUT2D eigenvalue weighted by atomic mass is 16.1. The summed E-state index contributed by atoms with van der Waals surface area (Å²) in [6.45, 7) is 2.41. The number of nitrogens with one attached hydrogen (secondary N) is 2. The van der Waals surface area contributed by atoms with Crippen molar-refractivity contribution in [2.24, 2.45) is 0 Å². The number of quaternary nitrogens is 1. The molecular formula is C19H27N4O2+. The average Bonchev–Trinajstić information content (AvgIpc) is 2.83. The Bertz CT molecular complexity index is 826. The molecule has 1 amide bonds. The first-order valence-electron chi connectivity index (χ1n) is 9.17. The lowest BCUT2D eigenvalue weighted by Gasteiger charge is -2.11. The van der Waals surface area contributed by atoms with Gasteiger partial charge in [-0.15, -0.1) is 0 Å². The molecular weight excluding hydrogens is 316 g/mol. The van der Waals surface area contributed by atoms with E-state index in [1.165, 1.54) is 4.90 Å². The van der Waals surface area contributed by atoms with Gasteiger partial charge in [0.2, 0.25) is 0 Å². The summed E-state index contributed by atoms with van der Waals surface area (Å²) in [5, 5.41) is 3.54. The van der Waals surface area contributed by atoms with Gasteiger partial charge in [-0.2, -0.15) is 0 Å². The maximum absolute atomic E-state index is 12.7. The van der Waals surface area contributed by atoms with Crippen molar-refractivity contribution in [1.82, 2.24) is 14.9 Å². The van der Waals surface area contributed by atoms with Gasteiger partial charge in [-0.25, -0.2) is 4.98 Å². The molecule has 2 N–H and O–H groups in total. The zero-order valence-corrected chi connectivity index (χ0v) is 15.1. The van der Waals surface area contributed by atoms with Crippen molar-refractivity contribution in [2.45, 2.75) is 38.6 Å². The van der Waals surface area contributed by atoms with Crippen molar-refractivity contribution >= 4 is 16.8 Å². The van der Waals surface area contributed by atoms with Crippen molar-refractivity contribution in [3.05, 3.63) is 39.9 Å². The monoisotopic (exact) mass is 343 g/mol. The molecule has 0 radical (unpaired) electrons. The second-order valence-electron chi connectivity index (χ2n) is 7.09. The van der Waals surface area contributed by atoms with Gasteiger partial charge in [0.1, 0.15) is 5.82 Å². The highest BCUT2D eigenvalue weighted by Gasteiger charge is 2.15. The van der Waals surface area contributed by atoms with Crippen LogP contribution in [-0.2, 0) is 13.0 Å². The standard InChI is InChI=1S/C19H26N4O2/c1-22(2)11-6-10-20-18(24)14-8-9-15-16(13-14)21-17-7-4-3-5-12-23(17)19(15)25/h8-9,13H,3-7,10-12H2,1-2H3,(H,20,24)/p+1. The Morgan fingerprint density at radius 3 is 2.92 bits per heavy atom. The van der Waals surface area contributed by atoms with Gasteiger partial charge in [-0.3, -0.25) is 14.2 Å². The van der Waals surface area contributed by atoms with Crippen molar-refractivity contribution in [3.8, 4) is 0 Å². The van der Waals surface area contributed by atoms with Crippen molar-refractivity contribution in [3.63, 3.8) is 0 Å². The molecule has 1 aliphatic rings. The number of aryl methyl sites for hydroxylation is 1. The summed E-state index contributed by atoms with van der Waals surface area (Å²) in [6, 6.07) is 5.21. The SMILES string of the molecule is C[NH+](C)CCCNC(=O)c1ccc2c(=O)n3c(nc2c1)CCCCC3. The van der Waals surface area contributed by atoms with Crippen molar-refractivity contribution in [1.29, 1.82) is 0 Å². The smallest absolute Gasteiger partial charge is 0.261 e. The second-order valence-corrected chi connectivity index (χ2v) is 7.09. The number of rotatable bonds is 5. The van der Waals surface area contributed by atoms with Crippen molar-refractivity contribution in [2.75, 3.05) is 27.2 Å². The Morgan fingerprint density at radius 1 is 1.28 bits per heavy atom. The fourth-order valence-corrected chi connectivity index (χ4v) is 3.31. The van der Waals surface area contributed by atoms with Crippen LogP contribution in [0, 0.1) is 0 Å². The lowest BCUT2D eigenvalue weighted by molar-refractivity contribution is -0.858. The largest absolute Gasteiger partial charge is 0.352 e. The fraction of sp³-hybridized carbons (Fsp3) is 0.526. The number of nitrogens with zero attached hydrogens (tertiary/aromatic N) is 2. The summed E-state index contributed by atoms with van der Waals surface area (Å²) in [6.07, 6.45) is 4.98. The highest BCUT2D eigenvalue weighted by molar-refractivity contribution is 5.97. The van der Waals surface area contributed by atoms with Crippen LogP contribution in [0.1, 0.15) is 41.9 Å². The fourth-order valence-electron chi connectivity index (χ4n) is 3.31. The van der Waals surface area contributed by atoms with E-state index < -0.39 is 0 Å². The quantitative estimate of drug-likeness (QED) is 0.772. The van der Waals surface area contributed by atoms with Gasteiger partial charge in [-0.1, -0.05) is 6.42 Å². The zero-order chi connectivity index (χ0) is 17.8. The topological polar surface area (TPSA) is 68.4 Å². The van der Waals surface area contributed by atoms with E-state index in [0.29, 0.717) is 23.0 Å². The molecule has 0 spiro atoms. The number of carbonyl (C=O) groups is 1. The molecule has 0 saturated heterocycles. The van der Waals surface area contributed by atoms with E-state index in [9.17, 15) is 9.59 Å². The van der Waals surface area contributed by atoms with E-state index >= 15 is 0 Å². The third-order valence-corrected chi connectivity index (χ3v) is 4.72. The van der Waals surface area contributed by atoms with Gasteiger partial charge in [0, 0.05) is 31.5 Å². The normalized spacial score (nSPS) is 14.4. The molecule has 1 aromatic carbocycles. The minimum atomic E-state index is -0.104. The number of carbonyl (C=O) groups excluding carboxylic acids is 1. The first-order chi connectivity index (χ1) is 12.1. The molecule has 0 aliphatic carbocycles. The highest BCUT2D eigenvalue weighted by Crippen LogP contribution is 2.16. The van der Waals surface area contributed by atoms with E-state index in [0.717, 1.165) is 51.0 Å². The molecule has 1 aliphatic heterocycles. The van der Waals surface area contributed by atoms with E-state index in [1.807, 2.05) is 0 Å². The van der Waals surface area contributed by atoms with Crippen LogP contribution in [0.3, 0.4) is 0 Å². The molecule has 0 fully saturated rings. The predicted octanol–water partition coefficient (Wildman–Crippen LogP) is 0.387. The maximum atomic E-state index is 12.7. The van der Waals surface area contributed by atoms with Crippen LogP contribution < -0.4 is 15.8 Å². The predicted molar refractivity (Wildman–Crippen MR) is 98.2 cm³/mol. The van der Waals surface area contributed by atoms with Gasteiger partial charge in [-0.05, 0) is 31.0 Å². The molecule has 1 aromatic heterocycles. The van der Waals surface area contributed by atoms with Gasteiger partial charge in [0.25, 0.3) is 11.5 Å². The van der Waals surface area contributed by atoms with E-state index in [2.05, 4.69) is 24.4 Å². The molecule has 6 nitrogen and oxygen atoms in total. The van der Waals surface area contributed by atoms with Crippen LogP contribution in [0.15, 0.2) is 23.0 Å². The molecule has 3 rings (SSSR count). The summed E-state index contributed by atoms with van der Waals surface area (Å²) in [4.78, 5) is 31.1. The minimum absolute atomic E-state index is 0.0165. The van der Waals surface area contributed by atoms with Crippen LogP contribution >= 0.6 is 0 Å². The number of hydrogen-bond acceptors (Lipinski definition) is 3. The summed E-state index contributed by atoms with van der Waals surface area (Å²) < 4.78 is 1.80. The molecule has 0 unspecified atom stereocenters. The van der Waals surface area contributed by atoms with Crippen LogP contribution in [-0.4, -0.2) is 42.6 Å². The molecule has 2 aromatic rings. The van der Waals surface area contributed by atoms with Gasteiger partial charge >= 0.3 is 0 Å². The third kappa shape index (κ3) is 4.07. The summed E-state index contributed by atoms with van der Waals surface area (Å²) >= 11 is 0. The number of benzene rings is 1. The van der Waals surface area contributed by atoms with Gasteiger partial charge in [0.15, 0.2) is 0 Å². The molecule has 0 atom stereocenters. The Hall–Kier alpha value is -2.21. The minimum Gasteiger partial charge on any atom is -0.352 e. The van der Waals surface area contributed by atoms with Crippen molar-refractivity contribution < 1.29 is 9.69 Å². The number of amides is 1. The van der Waals surface area contributed by atoms with Gasteiger partial charge in [0.05, 0.1) is 31.5 Å². The lowest BCUT2D eigenvalue weighted by Crippen LogP contribution is -3.05. The number of fused-ring (bicyclic) bond motifs is 2. The Morgan fingerprint density at radius 2 is 2.12 bits per heavy atom. The summed E-state index contributed by atoms with van der Waals surface area (Å²) in [5.74, 6) is 0.744. The Labute approximate surface area is 147 Å². The number of hydrogen-bond donors (Lipinski definition) is 2. The average molecular weight is 343 g/mol. The summed E-state index contributed by atoms with van der Waals surface area (Å²) in [5.41, 5.74) is 1.21. The molecule has 25 heavy (non-hydrogen) atoms. The van der Waals surface area contributed by atoms with E-state index in [1.54, 1.807) is 22.8 Å². The summed E-state index contributed by atoms with van der Waals surface area (Å²) in [7, 11) is 4.19. The second kappa shape index (κ2) is 7.78. The molecule has 6 heteroatoms. The Kier molecular flexibility index (Phi) is 5.48. The van der Waals surface area contributed by atoms with Crippen LogP contribution in [0.5, 0.6) is 0 Å². The third-order valence-electron chi connectivity index (χ3n) is 4.72. The van der Waals surface area contributed by atoms with Gasteiger partial charge < -0.3 is 10.2 Å². The van der Waals surface area contributed by atoms with Crippen LogP contribution in [0.4, 0.5) is 0 Å². The molecule has 2 heterocycles. The van der Waals surface area contributed by atoms with E-state index in [-0.39, 0.29) is 11.5 Å². The first kappa shape index (κ1) is 17.6. The zero-order valence-electron chi connectivity index (χ0n) is 15.1. The molecule has 134 valence electrons. The first-order valence-corrected chi connectivity index (χ1v) is 9.17. The Balaban J connectivity index is 1.82. The molecule has 0 saturated carbocycles. The van der Waals surface area contributed by atoms with E-state index in [4.69, 9.17) is 0 Å².